The Morgan fingerprint density at radius 3 is 2.90 bits per heavy atom. The molecular weight excluding hydrogens is 412 g/mol. The molecule has 1 aliphatic heterocycles. The van der Waals surface area contributed by atoms with Crippen LogP contribution < -0.4 is 10.1 Å². The summed E-state index contributed by atoms with van der Waals surface area (Å²) in [6.07, 6.45) is 3.89. The molecule has 0 spiro atoms. The molecule has 1 N–H and O–H groups in total. The van der Waals surface area contributed by atoms with Gasteiger partial charge in [0.05, 0.1) is 5.52 Å². The van der Waals surface area contributed by atoms with Crippen molar-refractivity contribution in [3.05, 3.63) is 71.4 Å². The Bertz CT molecular complexity index is 1180. The molecular formula is C23H22N4O3S. The van der Waals surface area contributed by atoms with Crippen LogP contribution in [0.2, 0.25) is 0 Å². The molecule has 1 fully saturated rings. The number of rotatable bonds is 7. The van der Waals surface area contributed by atoms with Crippen molar-refractivity contribution in [2.75, 3.05) is 11.9 Å². The van der Waals surface area contributed by atoms with Crippen molar-refractivity contribution >= 4 is 33.3 Å². The zero-order valence-electron chi connectivity index (χ0n) is 16.9. The number of aromatic nitrogens is 3. The van der Waals surface area contributed by atoms with E-state index in [9.17, 15) is 4.79 Å². The molecule has 0 bridgehead atoms. The zero-order valence-corrected chi connectivity index (χ0v) is 17.7. The summed E-state index contributed by atoms with van der Waals surface area (Å²) >= 11 is 1.37. The van der Waals surface area contributed by atoms with E-state index in [2.05, 4.69) is 15.5 Å². The van der Waals surface area contributed by atoms with Crippen LogP contribution >= 0.6 is 11.3 Å². The third kappa shape index (κ3) is 4.45. The Labute approximate surface area is 183 Å². The monoisotopic (exact) mass is 434 g/mol. The summed E-state index contributed by atoms with van der Waals surface area (Å²) in [5.74, 6) is 0.647. The lowest BCUT2D eigenvalue weighted by Gasteiger charge is -2.09. The molecule has 0 radical (unpaired) electrons. The van der Waals surface area contributed by atoms with Crippen molar-refractivity contribution in [3.8, 4) is 5.75 Å². The number of fused-ring (bicyclic) bond motifs is 1. The van der Waals surface area contributed by atoms with Gasteiger partial charge in [-0.25, -0.2) is 0 Å². The highest BCUT2D eigenvalue weighted by Crippen LogP contribution is 2.32. The number of benzene rings is 2. The first-order valence-corrected chi connectivity index (χ1v) is 11.1. The SMILES string of the molecule is O=C(Cn1ccc2c(OCc3ccccc3)cccc21)Nc1nnc(C2CCCO2)s1. The van der Waals surface area contributed by atoms with E-state index in [1.807, 2.05) is 65.4 Å². The van der Waals surface area contributed by atoms with Gasteiger partial charge in [-0.2, -0.15) is 0 Å². The third-order valence-corrected chi connectivity index (χ3v) is 6.15. The van der Waals surface area contributed by atoms with Gasteiger partial charge in [0, 0.05) is 18.2 Å². The molecule has 1 saturated heterocycles. The van der Waals surface area contributed by atoms with Gasteiger partial charge in [0.25, 0.3) is 0 Å². The maximum Gasteiger partial charge on any atom is 0.246 e. The smallest absolute Gasteiger partial charge is 0.246 e. The van der Waals surface area contributed by atoms with E-state index in [0.29, 0.717) is 11.7 Å². The second-order valence-corrected chi connectivity index (χ2v) is 8.41. The quantitative estimate of drug-likeness (QED) is 0.461. The van der Waals surface area contributed by atoms with Crippen LogP contribution in [0.25, 0.3) is 10.9 Å². The van der Waals surface area contributed by atoms with Gasteiger partial charge in [-0.05, 0) is 36.6 Å². The van der Waals surface area contributed by atoms with Crippen molar-refractivity contribution in [3.63, 3.8) is 0 Å². The molecule has 8 heteroatoms. The number of carbonyl (C=O) groups is 1. The predicted octanol–water partition coefficient (Wildman–Crippen LogP) is 4.56. The molecule has 4 aromatic rings. The standard InChI is InChI=1S/C23H22N4O3S/c28-21(24-23-26-25-22(31-23)20-10-5-13-29-20)14-27-12-11-17-18(27)8-4-9-19(17)30-15-16-6-2-1-3-7-16/h1-4,6-9,11-12,20H,5,10,13-15H2,(H,24,26,28). The van der Waals surface area contributed by atoms with Gasteiger partial charge in [-0.3, -0.25) is 10.1 Å². The maximum absolute atomic E-state index is 12.6. The van der Waals surface area contributed by atoms with Crippen LogP contribution in [0.5, 0.6) is 5.75 Å². The first kappa shape index (κ1) is 19.7. The Morgan fingerprint density at radius 2 is 2.06 bits per heavy atom. The van der Waals surface area contributed by atoms with Crippen LogP contribution in [0.1, 0.15) is 29.5 Å². The normalized spacial score (nSPS) is 15.9. The number of amides is 1. The molecule has 1 atom stereocenters. The molecule has 1 amide bonds. The minimum absolute atomic E-state index is 0.00542. The van der Waals surface area contributed by atoms with Crippen LogP contribution in [0.15, 0.2) is 60.8 Å². The summed E-state index contributed by atoms with van der Waals surface area (Å²) in [6.45, 7) is 1.43. The van der Waals surface area contributed by atoms with E-state index in [1.54, 1.807) is 0 Å². The van der Waals surface area contributed by atoms with Crippen LogP contribution in [-0.4, -0.2) is 27.3 Å². The number of hydrogen-bond acceptors (Lipinski definition) is 6. The van der Waals surface area contributed by atoms with E-state index in [-0.39, 0.29) is 18.6 Å². The summed E-state index contributed by atoms with van der Waals surface area (Å²) in [5, 5.41) is 13.4. The Balaban J connectivity index is 1.25. The van der Waals surface area contributed by atoms with Crippen LogP contribution in [-0.2, 0) is 22.7 Å². The number of anilines is 1. The number of hydrogen-bond donors (Lipinski definition) is 1. The highest BCUT2D eigenvalue weighted by molar-refractivity contribution is 7.15. The van der Waals surface area contributed by atoms with Crippen molar-refractivity contribution in [2.45, 2.75) is 32.1 Å². The predicted molar refractivity (Wildman–Crippen MR) is 119 cm³/mol. The number of nitrogens with zero attached hydrogens (tertiary/aromatic N) is 3. The number of carbonyl (C=O) groups excluding carboxylic acids is 1. The van der Waals surface area contributed by atoms with E-state index < -0.39 is 0 Å². The zero-order chi connectivity index (χ0) is 21.0. The molecule has 0 aliphatic carbocycles. The van der Waals surface area contributed by atoms with E-state index >= 15 is 0 Å². The lowest BCUT2D eigenvalue weighted by atomic mass is 10.2. The minimum atomic E-state index is -0.150. The van der Waals surface area contributed by atoms with Gasteiger partial charge in [0.15, 0.2) is 0 Å². The Morgan fingerprint density at radius 1 is 1.16 bits per heavy atom. The summed E-state index contributed by atoms with van der Waals surface area (Å²) in [4.78, 5) is 12.6. The summed E-state index contributed by atoms with van der Waals surface area (Å²) in [6, 6.07) is 17.9. The molecule has 158 valence electrons. The molecule has 5 rings (SSSR count). The third-order valence-electron chi connectivity index (χ3n) is 5.22. The van der Waals surface area contributed by atoms with Gasteiger partial charge in [0.1, 0.15) is 30.0 Å². The largest absolute Gasteiger partial charge is 0.488 e. The van der Waals surface area contributed by atoms with Crippen molar-refractivity contribution in [2.24, 2.45) is 0 Å². The fourth-order valence-corrected chi connectivity index (χ4v) is 4.54. The highest BCUT2D eigenvalue weighted by Gasteiger charge is 2.22. The average molecular weight is 435 g/mol. The fraction of sp³-hybridized carbons (Fsp3) is 0.261. The second-order valence-electron chi connectivity index (χ2n) is 7.40. The molecule has 0 saturated carbocycles. The van der Waals surface area contributed by atoms with Crippen molar-refractivity contribution < 1.29 is 14.3 Å². The van der Waals surface area contributed by atoms with Crippen molar-refractivity contribution in [1.29, 1.82) is 0 Å². The molecule has 2 aromatic heterocycles. The summed E-state index contributed by atoms with van der Waals surface area (Å²) in [5.41, 5.74) is 2.05. The van der Waals surface area contributed by atoms with Gasteiger partial charge in [-0.15, -0.1) is 10.2 Å². The Kier molecular flexibility index (Phi) is 5.64. The van der Waals surface area contributed by atoms with Gasteiger partial charge >= 0.3 is 0 Å². The molecule has 31 heavy (non-hydrogen) atoms. The molecule has 3 heterocycles. The fourth-order valence-electron chi connectivity index (χ4n) is 3.70. The Hall–Kier alpha value is -3.23. The van der Waals surface area contributed by atoms with Crippen LogP contribution in [0.3, 0.4) is 0 Å². The molecule has 1 unspecified atom stereocenters. The molecule has 2 aromatic carbocycles. The number of nitrogens with one attached hydrogen (secondary N) is 1. The lowest BCUT2D eigenvalue weighted by Crippen LogP contribution is -2.18. The van der Waals surface area contributed by atoms with E-state index in [1.165, 1.54) is 11.3 Å². The highest BCUT2D eigenvalue weighted by atomic mass is 32.1. The molecule has 1 aliphatic rings. The van der Waals surface area contributed by atoms with E-state index in [4.69, 9.17) is 9.47 Å². The second kappa shape index (κ2) is 8.87. The average Bonchev–Trinajstić information content (AvgIpc) is 3.54. The van der Waals surface area contributed by atoms with Crippen LogP contribution in [0, 0.1) is 0 Å². The maximum atomic E-state index is 12.6. The summed E-state index contributed by atoms with van der Waals surface area (Å²) < 4.78 is 13.6. The van der Waals surface area contributed by atoms with Gasteiger partial charge < -0.3 is 14.0 Å². The van der Waals surface area contributed by atoms with Gasteiger partial charge in [0.2, 0.25) is 11.0 Å². The first-order valence-electron chi connectivity index (χ1n) is 10.3. The molecule has 7 nitrogen and oxygen atoms in total. The van der Waals surface area contributed by atoms with Gasteiger partial charge in [-0.1, -0.05) is 47.7 Å². The number of ether oxygens (including phenoxy) is 2. The topological polar surface area (TPSA) is 78.3 Å². The van der Waals surface area contributed by atoms with E-state index in [0.717, 1.165) is 46.7 Å². The summed E-state index contributed by atoms with van der Waals surface area (Å²) in [7, 11) is 0. The van der Waals surface area contributed by atoms with Crippen molar-refractivity contribution in [1.82, 2.24) is 14.8 Å². The first-order chi connectivity index (χ1) is 15.3. The lowest BCUT2D eigenvalue weighted by molar-refractivity contribution is -0.116. The van der Waals surface area contributed by atoms with Crippen LogP contribution in [0.4, 0.5) is 5.13 Å². The minimum Gasteiger partial charge on any atom is -0.488 e.